The summed E-state index contributed by atoms with van der Waals surface area (Å²) in [5.74, 6) is -0.306. The molecule has 0 aliphatic carbocycles. The SMILES string of the molecule is CCc1ccccc1NC(=O)CN1CCN(c2ccc(C(=O)OC)cc2)CC1C. The molecule has 1 N–H and O–H groups in total. The summed E-state index contributed by atoms with van der Waals surface area (Å²) in [5.41, 5.74) is 3.67. The van der Waals surface area contributed by atoms with Gasteiger partial charge in [0.1, 0.15) is 0 Å². The van der Waals surface area contributed by atoms with Crippen molar-refractivity contribution in [3.8, 4) is 0 Å². The van der Waals surface area contributed by atoms with Crippen molar-refractivity contribution in [2.24, 2.45) is 0 Å². The fourth-order valence-corrected chi connectivity index (χ4v) is 3.72. The molecule has 1 aliphatic heterocycles. The number of aryl methyl sites for hydroxylation is 1. The molecule has 1 saturated heterocycles. The Morgan fingerprint density at radius 2 is 1.83 bits per heavy atom. The van der Waals surface area contributed by atoms with E-state index in [4.69, 9.17) is 4.74 Å². The summed E-state index contributed by atoms with van der Waals surface area (Å²) in [4.78, 5) is 28.7. The van der Waals surface area contributed by atoms with Crippen LogP contribution in [0, 0.1) is 0 Å². The van der Waals surface area contributed by atoms with Gasteiger partial charge in [0.15, 0.2) is 0 Å². The maximum absolute atomic E-state index is 12.6. The van der Waals surface area contributed by atoms with E-state index in [0.717, 1.165) is 43.0 Å². The van der Waals surface area contributed by atoms with Gasteiger partial charge in [-0.05, 0) is 49.2 Å². The third-order valence-electron chi connectivity index (χ3n) is 5.44. The van der Waals surface area contributed by atoms with Crippen LogP contribution < -0.4 is 10.2 Å². The molecule has 6 nitrogen and oxygen atoms in total. The lowest BCUT2D eigenvalue weighted by Gasteiger charge is -2.40. The highest BCUT2D eigenvalue weighted by Gasteiger charge is 2.25. The van der Waals surface area contributed by atoms with Crippen LogP contribution >= 0.6 is 0 Å². The number of ether oxygens (including phenoxy) is 1. The predicted octanol–water partition coefficient (Wildman–Crippen LogP) is 3.18. The Kier molecular flexibility index (Phi) is 6.88. The molecule has 0 spiro atoms. The molecule has 0 radical (unpaired) electrons. The molecule has 0 saturated carbocycles. The van der Waals surface area contributed by atoms with Crippen LogP contribution in [0.4, 0.5) is 11.4 Å². The number of methoxy groups -OCH3 is 1. The van der Waals surface area contributed by atoms with Crippen molar-refractivity contribution in [2.75, 3.05) is 43.5 Å². The molecule has 1 unspecified atom stereocenters. The maximum Gasteiger partial charge on any atom is 0.337 e. The molecule has 2 aromatic rings. The molecule has 1 aliphatic rings. The van der Waals surface area contributed by atoms with Crippen LogP contribution in [0.1, 0.15) is 29.8 Å². The first-order chi connectivity index (χ1) is 14.0. The average Bonchev–Trinajstić information content (AvgIpc) is 2.75. The number of amides is 1. The van der Waals surface area contributed by atoms with Gasteiger partial charge in [-0.1, -0.05) is 25.1 Å². The molecule has 1 fully saturated rings. The normalized spacial score (nSPS) is 17.1. The summed E-state index contributed by atoms with van der Waals surface area (Å²) in [7, 11) is 1.38. The minimum absolute atomic E-state index is 0.0219. The van der Waals surface area contributed by atoms with Crippen LogP contribution in [0.2, 0.25) is 0 Å². The molecule has 2 aromatic carbocycles. The fourth-order valence-electron chi connectivity index (χ4n) is 3.72. The van der Waals surface area contributed by atoms with E-state index in [1.807, 2.05) is 36.4 Å². The highest BCUT2D eigenvalue weighted by Crippen LogP contribution is 2.21. The second-order valence-corrected chi connectivity index (χ2v) is 7.36. The van der Waals surface area contributed by atoms with Gasteiger partial charge in [0, 0.05) is 37.1 Å². The zero-order chi connectivity index (χ0) is 20.8. The maximum atomic E-state index is 12.6. The highest BCUT2D eigenvalue weighted by molar-refractivity contribution is 5.93. The lowest BCUT2D eigenvalue weighted by atomic mass is 10.1. The number of carbonyl (C=O) groups is 2. The molecular formula is C23H29N3O3. The molecule has 3 rings (SSSR count). The number of rotatable bonds is 6. The van der Waals surface area contributed by atoms with Gasteiger partial charge >= 0.3 is 5.97 Å². The smallest absolute Gasteiger partial charge is 0.337 e. The first kappa shape index (κ1) is 20.9. The zero-order valence-corrected chi connectivity index (χ0v) is 17.4. The summed E-state index contributed by atoms with van der Waals surface area (Å²) in [6, 6.07) is 15.7. The van der Waals surface area contributed by atoms with E-state index in [2.05, 4.69) is 29.0 Å². The van der Waals surface area contributed by atoms with Crippen LogP contribution in [0.5, 0.6) is 0 Å². The molecule has 0 bridgehead atoms. The number of para-hydroxylation sites is 1. The molecule has 0 aromatic heterocycles. The Labute approximate surface area is 172 Å². The number of anilines is 2. The van der Waals surface area contributed by atoms with Crippen LogP contribution in [0.25, 0.3) is 0 Å². The van der Waals surface area contributed by atoms with Gasteiger partial charge in [0.25, 0.3) is 0 Å². The Balaban J connectivity index is 1.56. The van der Waals surface area contributed by atoms with E-state index >= 15 is 0 Å². The topological polar surface area (TPSA) is 61.9 Å². The largest absolute Gasteiger partial charge is 0.465 e. The molecule has 29 heavy (non-hydrogen) atoms. The van der Waals surface area contributed by atoms with Crippen molar-refractivity contribution >= 4 is 23.3 Å². The number of hydrogen-bond donors (Lipinski definition) is 1. The third-order valence-corrected chi connectivity index (χ3v) is 5.44. The number of esters is 1. The minimum Gasteiger partial charge on any atom is -0.465 e. The quantitative estimate of drug-likeness (QED) is 0.761. The first-order valence-corrected chi connectivity index (χ1v) is 10.1. The number of carbonyl (C=O) groups excluding carboxylic acids is 2. The minimum atomic E-state index is -0.328. The number of nitrogens with one attached hydrogen (secondary N) is 1. The van der Waals surface area contributed by atoms with Gasteiger partial charge in [0.05, 0.1) is 19.2 Å². The van der Waals surface area contributed by atoms with Gasteiger partial charge in [-0.2, -0.15) is 0 Å². The van der Waals surface area contributed by atoms with E-state index in [1.54, 1.807) is 12.1 Å². The average molecular weight is 396 g/mol. The monoisotopic (exact) mass is 395 g/mol. The standard InChI is InChI=1S/C23H29N3O3/c1-4-18-7-5-6-8-21(18)24-22(27)16-25-13-14-26(15-17(25)2)20-11-9-19(10-12-20)23(28)29-3/h5-12,17H,4,13-16H2,1-3H3,(H,24,27). The van der Waals surface area contributed by atoms with Gasteiger partial charge < -0.3 is 15.0 Å². The van der Waals surface area contributed by atoms with E-state index in [9.17, 15) is 9.59 Å². The third kappa shape index (κ3) is 5.15. The lowest BCUT2D eigenvalue weighted by molar-refractivity contribution is -0.117. The predicted molar refractivity (Wildman–Crippen MR) is 115 cm³/mol. The van der Waals surface area contributed by atoms with Crippen molar-refractivity contribution in [3.05, 3.63) is 59.7 Å². The second-order valence-electron chi connectivity index (χ2n) is 7.36. The number of piperazine rings is 1. The summed E-state index contributed by atoms with van der Waals surface area (Å²) < 4.78 is 4.75. The Morgan fingerprint density at radius 3 is 2.48 bits per heavy atom. The summed E-state index contributed by atoms with van der Waals surface area (Å²) in [6.07, 6.45) is 0.889. The van der Waals surface area contributed by atoms with Gasteiger partial charge in [-0.25, -0.2) is 4.79 Å². The van der Waals surface area contributed by atoms with Crippen molar-refractivity contribution in [1.29, 1.82) is 0 Å². The van der Waals surface area contributed by atoms with Crippen molar-refractivity contribution in [2.45, 2.75) is 26.3 Å². The van der Waals surface area contributed by atoms with E-state index in [-0.39, 0.29) is 17.9 Å². The molecule has 6 heteroatoms. The summed E-state index contributed by atoms with van der Waals surface area (Å²) >= 11 is 0. The van der Waals surface area contributed by atoms with Crippen LogP contribution in [0.15, 0.2) is 48.5 Å². The molecule has 1 atom stereocenters. The Morgan fingerprint density at radius 1 is 1.10 bits per heavy atom. The lowest BCUT2D eigenvalue weighted by Crippen LogP contribution is -2.53. The van der Waals surface area contributed by atoms with E-state index < -0.39 is 0 Å². The van der Waals surface area contributed by atoms with Gasteiger partial charge in [0.2, 0.25) is 5.91 Å². The molecule has 154 valence electrons. The summed E-state index contributed by atoms with van der Waals surface area (Å²) in [5, 5.41) is 3.06. The van der Waals surface area contributed by atoms with Crippen LogP contribution in [-0.4, -0.2) is 56.1 Å². The van der Waals surface area contributed by atoms with E-state index in [0.29, 0.717) is 12.1 Å². The van der Waals surface area contributed by atoms with Gasteiger partial charge in [-0.3, -0.25) is 9.69 Å². The zero-order valence-electron chi connectivity index (χ0n) is 17.4. The molecular weight excluding hydrogens is 366 g/mol. The Hall–Kier alpha value is -2.86. The van der Waals surface area contributed by atoms with Crippen molar-refractivity contribution in [1.82, 2.24) is 4.90 Å². The van der Waals surface area contributed by atoms with E-state index in [1.165, 1.54) is 7.11 Å². The van der Waals surface area contributed by atoms with Crippen molar-refractivity contribution in [3.63, 3.8) is 0 Å². The Bertz CT molecular complexity index is 851. The van der Waals surface area contributed by atoms with Crippen LogP contribution in [-0.2, 0) is 16.0 Å². The number of nitrogens with zero attached hydrogens (tertiary/aromatic N) is 2. The number of hydrogen-bond acceptors (Lipinski definition) is 5. The van der Waals surface area contributed by atoms with Crippen LogP contribution in [0.3, 0.4) is 0 Å². The molecule has 1 heterocycles. The molecule has 1 amide bonds. The van der Waals surface area contributed by atoms with Crippen molar-refractivity contribution < 1.29 is 14.3 Å². The summed E-state index contributed by atoms with van der Waals surface area (Å²) in [6.45, 7) is 7.08. The first-order valence-electron chi connectivity index (χ1n) is 10.1. The number of benzene rings is 2. The van der Waals surface area contributed by atoms with Gasteiger partial charge in [-0.15, -0.1) is 0 Å². The second kappa shape index (κ2) is 9.56. The highest BCUT2D eigenvalue weighted by atomic mass is 16.5. The fraction of sp³-hybridized carbons (Fsp3) is 0.391.